The van der Waals surface area contributed by atoms with Crippen LogP contribution in [0, 0.1) is 0 Å². The molecule has 9 heteroatoms. The van der Waals surface area contributed by atoms with Crippen LogP contribution in [0.5, 0.6) is 5.75 Å². The summed E-state index contributed by atoms with van der Waals surface area (Å²) in [4.78, 5) is 35.6. The first-order valence-electron chi connectivity index (χ1n) is 9.93. The molecule has 0 aliphatic heterocycles. The Morgan fingerprint density at radius 3 is 2.27 bits per heavy atom. The number of hydrogen-bond donors (Lipinski definition) is 3. The fourth-order valence-corrected chi connectivity index (χ4v) is 2.71. The average Bonchev–Trinajstić information content (AvgIpc) is 2.84. The molecule has 168 valence electrons. The highest BCUT2D eigenvalue weighted by atomic mass is 35.5. The van der Waals surface area contributed by atoms with Crippen LogP contribution in [0.4, 0.5) is 5.69 Å². The van der Waals surface area contributed by atoms with Crippen LogP contribution in [0.3, 0.4) is 0 Å². The number of ether oxygens (including phenoxy) is 1. The molecule has 0 aliphatic carbocycles. The smallest absolute Gasteiger partial charge is 0.329 e. The van der Waals surface area contributed by atoms with Crippen LogP contribution in [0.25, 0.3) is 0 Å². The zero-order valence-electron chi connectivity index (χ0n) is 17.5. The first-order valence-corrected chi connectivity index (χ1v) is 10.3. The summed E-state index contributed by atoms with van der Waals surface area (Å²) in [6, 6.07) is 22.6. The number of amides is 3. The van der Waals surface area contributed by atoms with Gasteiger partial charge in [-0.05, 0) is 59.7 Å². The molecule has 3 aromatic rings. The van der Waals surface area contributed by atoms with Crippen LogP contribution < -0.4 is 20.8 Å². The predicted molar refractivity (Wildman–Crippen MR) is 126 cm³/mol. The maximum atomic E-state index is 11.9. The molecule has 0 atom stereocenters. The van der Waals surface area contributed by atoms with E-state index in [0.717, 1.165) is 5.56 Å². The van der Waals surface area contributed by atoms with Gasteiger partial charge in [-0.2, -0.15) is 5.10 Å². The third-order valence-corrected chi connectivity index (χ3v) is 4.52. The number of hydrogen-bond acceptors (Lipinski definition) is 5. The molecule has 0 bridgehead atoms. The maximum Gasteiger partial charge on any atom is 0.329 e. The van der Waals surface area contributed by atoms with Crippen molar-refractivity contribution in [2.24, 2.45) is 5.10 Å². The summed E-state index contributed by atoms with van der Waals surface area (Å²) < 4.78 is 5.46. The molecule has 3 aromatic carbocycles. The van der Waals surface area contributed by atoms with Crippen molar-refractivity contribution in [1.82, 2.24) is 10.7 Å². The maximum absolute atomic E-state index is 11.9. The molecule has 0 fully saturated rings. The van der Waals surface area contributed by atoms with E-state index in [-0.39, 0.29) is 12.5 Å². The lowest BCUT2D eigenvalue weighted by atomic mass is 10.2. The van der Waals surface area contributed by atoms with E-state index in [4.69, 9.17) is 16.3 Å². The number of hydrazone groups is 1. The van der Waals surface area contributed by atoms with Gasteiger partial charge in [0.15, 0.2) is 6.61 Å². The van der Waals surface area contributed by atoms with Gasteiger partial charge < -0.3 is 15.4 Å². The molecular formula is C24H21ClN4O4. The molecule has 0 radical (unpaired) electrons. The summed E-state index contributed by atoms with van der Waals surface area (Å²) in [6.45, 7) is 0.320. The molecule has 3 N–H and O–H groups in total. The van der Waals surface area contributed by atoms with Crippen LogP contribution in [-0.2, 0) is 20.9 Å². The molecule has 0 unspecified atom stereocenters. The van der Waals surface area contributed by atoms with Gasteiger partial charge in [-0.25, -0.2) is 5.43 Å². The molecule has 3 rings (SSSR count). The van der Waals surface area contributed by atoms with E-state index in [1.807, 2.05) is 30.3 Å². The first-order chi connectivity index (χ1) is 16.0. The van der Waals surface area contributed by atoms with Crippen LogP contribution in [0.2, 0.25) is 5.02 Å². The highest BCUT2D eigenvalue weighted by molar-refractivity contribution is 6.39. The van der Waals surface area contributed by atoms with Gasteiger partial charge in [-0.3, -0.25) is 14.4 Å². The van der Waals surface area contributed by atoms with Gasteiger partial charge in [0.2, 0.25) is 0 Å². The molecule has 3 amide bonds. The molecule has 0 heterocycles. The molecule has 0 aliphatic rings. The van der Waals surface area contributed by atoms with Gasteiger partial charge in [0.1, 0.15) is 5.75 Å². The normalized spacial score (nSPS) is 10.5. The Labute approximate surface area is 195 Å². The summed E-state index contributed by atoms with van der Waals surface area (Å²) in [5, 5.41) is 9.50. The zero-order chi connectivity index (χ0) is 23.5. The second kappa shape index (κ2) is 12.0. The van der Waals surface area contributed by atoms with Crippen LogP contribution >= 0.6 is 11.6 Å². The summed E-state index contributed by atoms with van der Waals surface area (Å²) in [5.74, 6) is -1.50. The van der Waals surface area contributed by atoms with Crippen molar-refractivity contribution in [2.45, 2.75) is 6.54 Å². The molecule has 0 aromatic heterocycles. The predicted octanol–water partition coefficient (Wildman–Crippen LogP) is 3.12. The lowest BCUT2D eigenvalue weighted by Crippen LogP contribution is -2.32. The molecule has 0 saturated heterocycles. The topological polar surface area (TPSA) is 109 Å². The van der Waals surface area contributed by atoms with Gasteiger partial charge in [0, 0.05) is 17.3 Å². The van der Waals surface area contributed by atoms with Crippen molar-refractivity contribution in [2.75, 3.05) is 11.9 Å². The molecule has 8 nitrogen and oxygen atoms in total. The van der Waals surface area contributed by atoms with E-state index in [9.17, 15) is 14.4 Å². The lowest BCUT2D eigenvalue weighted by molar-refractivity contribution is -0.136. The Morgan fingerprint density at radius 2 is 1.58 bits per heavy atom. The summed E-state index contributed by atoms with van der Waals surface area (Å²) in [5.41, 5.74) is 4.26. The van der Waals surface area contributed by atoms with Crippen LogP contribution in [-0.4, -0.2) is 30.5 Å². The van der Waals surface area contributed by atoms with Crippen molar-refractivity contribution in [1.29, 1.82) is 0 Å². The van der Waals surface area contributed by atoms with E-state index < -0.39 is 11.8 Å². The number of carbonyl (C=O) groups is 3. The Kier molecular flexibility index (Phi) is 8.55. The van der Waals surface area contributed by atoms with Gasteiger partial charge in [-0.15, -0.1) is 0 Å². The molecular weight excluding hydrogens is 444 g/mol. The minimum atomic E-state index is -0.914. The summed E-state index contributed by atoms with van der Waals surface area (Å²) >= 11 is 5.78. The Morgan fingerprint density at radius 1 is 0.879 bits per heavy atom. The fraction of sp³-hybridized carbons (Fsp3) is 0.0833. The fourth-order valence-electron chi connectivity index (χ4n) is 2.58. The van der Waals surface area contributed by atoms with E-state index >= 15 is 0 Å². The average molecular weight is 465 g/mol. The highest BCUT2D eigenvalue weighted by Crippen LogP contribution is 2.13. The first kappa shape index (κ1) is 23.5. The second-order valence-corrected chi connectivity index (χ2v) is 7.22. The van der Waals surface area contributed by atoms with E-state index in [1.54, 1.807) is 48.5 Å². The number of benzene rings is 3. The third kappa shape index (κ3) is 8.12. The Balaban J connectivity index is 1.39. The van der Waals surface area contributed by atoms with E-state index in [0.29, 0.717) is 28.6 Å². The molecule has 33 heavy (non-hydrogen) atoms. The number of carbonyl (C=O) groups excluding carboxylic acids is 3. The number of nitrogens with zero attached hydrogens (tertiary/aromatic N) is 1. The van der Waals surface area contributed by atoms with Crippen molar-refractivity contribution >= 4 is 41.2 Å². The van der Waals surface area contributed by atoms with E-state index in [2.05, 4.69) is 21.2 Å². The highest BCUT2D eigenvalue weighted by Gasteiger charge is 2.12. The van der Waals surface area contributed by atoms with E-state index in [1.165, 1.54) is 6.21 Å². The monoisotopic (exact) mass is 464 g/mol. The lowest BCUT2D eigenvalue weighted by Gasteiger charge is -2.08. The molecule has 0 saturated carbocycles. The number of rotatable bonds is 8. The zero-order valence-corrected chi connectivity index (χ0v) is 18.2. The third-order valence-electron chi connectivity index (χ3n) is 4.27. The Hall–Kier alpha value is -4.17. The molecule has 0 spiro atoms. The number of anilines is 1. The van der Waals surface area contributed by atoms with Crippen molar-refractivity contribution in [3.63, 3.8) is 0 Å². The van der Waals surface area contributed by atoms with Gasteiger partial charge >= 0.3 is 11.8 Å². The Bertz CT molecular complexity index is 1120. The quantitative estimate of drug-likeness (QED) is 0.270. The second-order valence-electron chi connectivity index (χ2n) is 6.78. The van der Waals surface area contributed by atoms with Gasteiger partial charge in [0.25, 0.3) is 5.91 Å². The van der Waals surface area contributed by atoms with Gasteiger partial charge in [0.05, 0.1) is 6.21 Å². The standard InChI is InChI=1S/C24H21ClN4O4/c25-19-8-10-20(11-9-19)28-23(31)24(32)29-27-15-18-6-12-21(13-7-18)33-16-22(30)26-14-17-4-2-1-3-5-17/h1-13,15H,14,16H2,(H,26,30)(H,28,31)(H,29,32)/b27-15-. The minimum Gasteiger partial charge on any atom is -0.484 e. The van der Waals surface area contributed by atoms with Gasteiger partial charge in [-0.1, -0.05) is 41.9 Å². The number of halogens is 1. The summed E-state index contributed by atoms with van der Waals surface area (Å²) in [7, 11) is 0. The van der Waals surface area contributed by atoms with Crippen molar-refractivity contribution in [3.05, 3.63) is 95.0 Å². The van der Waals surface area contributed by atoms with Crippen LogP contribution in [0.1, 0.15) is 11.1 Å². The minimum absolute atomic E-state index is 0.112. The van der Waals surface area contributed by atoms with Crippen molar-refractivity contribution in [3.8, 4) is 5.75 Å². The van der Waals surface area contributed by atoms with Crippen LogP contribution in [0.15, 0.2) is 84.0 Å². The summed E-state index contributed by atoms with van der Waals surface area (Å²) in [6.07, 6.45) is 1.38. The SMILES string of the molecule is O=C(COc1ccc(/C=N\NC(=O)C(=O)Nc2ccc(Cl)cc2)cc1)NCc1ccccc1. The largest absolute Gasteiger partial charge is 0.484 e. The number of nitrogens with one attached hydrogen (secondary N) is 3. The van der Waals surface area contributed by atoms with Crippen molar-refractivity contribution < 1.29 is 19.1 Å².